The number of aliphatic hydroxyl groups is 2. The van der Waals surface area contributed by atoms with Crippen LogP contribution >= 0.6 is 0 Å². The Hall–Kier alpha value is -0.940. The topological polar surface area (TPSA) is 63.5 Å². The molecule has 2 atom stereocenters. The molecule has 1 aromatic carbocycles. The normalized spacial score (nSPS) is 40.7. The Morgan fingerprint density at radius 1 is 1.11 bits per heavy atom. The molecule has 0 amide bonds. The molecule has 1 aliphatic rings. The van der Waals surface area contributed by atoms with E-state index in [0.29, 0.717) is 0 Å². The van der Waals surface area contributed by atoms with Gasteiger partial charge in [-0.3, -0.25) is 0 Å². The van der Waals surface area contributed by atoms with Crippen LogP contribution in [0, 0.1) is 5.21 Å². The molecule has 0 aromatic heterocycles. The van der Waals surface area contributed by atoms with Crippen LogP contribution in [0.2, 0.25) is 0 Å². The number of hydrogen-bond acceptors (Lipinski definition) is 3. The lowest BCUT2D eigenvalue weighted by Crippen LogP contribution is -2.64. The maximum atomic E-state index is 12.7. The molecule has 1 saturated heterocycles. The largest absolute Gasteiger partial charge is 0.632 e. The van der Waals surface area contributed by atoms with Crippen LogP contribution in [-0.2, 0) is 6.54 Å². The van der Waals surface area contributed by atoms with E-state index < -0.39 is 15.8 Å². The molecule has 2 rings (SSSR count). The van der Waals surface area contributed by atoms with Crippen molar-refractivity contribution in [2.75, 3.05) is 13.1 Å². The highest BCUT2D eigenvalue weighted by atomic mass is 16.6. The first-order valence-electron chi connectivity index (χ1n) is 6.26. The van der Waals surface area contributed by atoms with Crippen LogP contribution in [-0.4, -0.2) is 39.2 Å². The van der Waals surface area contributed by atoms with E-state index in [9.17, 15) is 15.4 Å². The van der Waals surface area contributed by atoms with Crippen molar-refractivity contribution < 1.29 is 14.9 Å². The molecule has 2 unspecified atom stereocenters. The van der Waals surface area contributed by atoms with E-state index in [-0.39, 0.29) is 26.1 Å². The molecule has 0 bridgehead atoms. The summed E-state index contributed by atoms with van der Waals surface area (Å²) in [5.74, 6) is 0. The van der Waals surface area contributed by atoms with E-state index in [1.54, 1.807) is 13.8 Å². The van der Waals surface area contributed by atoms with E-state index in [4.69, 9.17) is 0 Å². The lowest BCUT2D eigenvalue weighted by molar-refractivity contribution is -0.912. The first-order valence-corrected chi connectivity index (χ1v) is 6.26. The van der Waals surface area contributed by atoms with Gasteiger partial charge in [0, 0.05) is 12.0 Å². The van der Waals surface area contributed by atoms with E-state index >= 15 is 0 Å². The molecule has 0 aliphatic carbocycles. The maximum Gasteiger partial charge on any atom is 0.114 e. The van der Waals surface area contributed by atoms with E-state index in [1.165, 1.54) is 0 Å². The molecule has 1 aliphatic heterocycles. The zero-order valence-corrected chi connectivity index (χ0v) is 11.0. The molecule has 4 nitrogen and oxygen atoms in total. The van der Waals surface area contributed by atoms with Crippen molar-refractivity contribution >= 4 is 0 Å². The smallest absolute Gasteiger partial charge is 0.114 e. The number of hydrogen-bond donors (Lipinski definition) is 2. The van der Waals surface area contributed by atoms with Gasteiger partial charge in [0.2, 0.25) is 0 Å². The number of piperidine rings is 1. The number of benzene rings is 1. The Morgan fingerprint density at radius 2 is 1.61 bits per heavy atom. The van der Waals surface area contributed by atoms with Crippen molar-refractivity contribution in [2.24, 2.45) is 0 Å². The summed E-state index contributed by atoms with van der Waals surface area (Å²) in [4.78, 5) is 0. The van der Waals surface area contributed by atoms with Gasteiger partial charge < -0.3 is 20.1 Å². The lowest BCUT2D eigenvalue weighted by Gasteiger charge is -2.54. The third kappa shape index (κ3) is 3.29. The van der Waals surface area contributed by atoms with Gasteiger partial charge in [-0.15, -0.1) is 0 Å². The molecular formula is C14H21NO3. The van der Waals surface area contributed by atoms with Crippen molar-refractivity contribution in [1.29, 1.82) is 0 Å². The Balaban J connectivity index is 2.19. The molecule has 1 heterocycles. The second-order valence-electron chi connectivity index (χ2n) is 6.19. The molecule has 0 saturated carbocycles. The van der Waals surface area contributed by atoms with Crippen LogP contribution < -0.4 is 0 Å². The summed E-state index contributed by atoms with van der Waals surface area (Å²) < 4.78 is -0.579. The Bertz CT molecular complexity index is 398. The highest BCUT2D eigenvalue weighted by molar-refractivity contribution is 5.13. The molecule has 0 spiro atoms. The Morgan fingerprint density at radius 3 is 2.11 bits per heavy atom. The van der Waals surface area contributed by atoms with Gasteiger partial charge in [0.25, 0.3) is 0 Å². The summed E-state index contributed by atoms with van der Waals surface area (Å²) in [5, 5.41) is 33.0. The minimum absolute atomic E-state index is 0.123. The van der Waals surface area contributed by atoms with Crippen molar-refractivity contribution in [2.45, 2.75) is 38.0 Å². The van der Waals surface area contributed by atoms with Crippen LogP contribution in [0.5, 0.6) is 0 Å². The molecule has 100 valence electrons. The molecule has 18 heavy (non-hydrogen) atoms. The Labute approximate surface area is 108 Å². The first kappa shape index (κ1) is 13.5. The van der Waals surface area contributed by atoms with Crippen LogP contribution in [0.4, 0.5) is 0 Å². The molecular weight excluding hydrogens is 230 g/mol. The van der Waals surface area contributed by atoms with E-state index in [1.807, 2.05) is 30.3 Å². The zero-order chi connectivity index (χ0) is 13.4. The highest BCUT2D eigenvalue weighted by Gasteiger charge is 2.46. The molecule has 1 fully saturated rings. The summed E-state index contributed by atoms with van der Waals surface area (Å²) >= 11 is 0. The minimum Gasteiger partial charge on any atom is -0.632 e. The SMILES string of the molecule is CC1(O)CC(C)(O)C[N+]([O-])(Cc2ccccc2)C1. The van der Waals surface area contributed by atoms with Crippen LogP contribution in [0.15, 0.2) is 30.3 Å². The fraction of sp³-hybridized carbons (Fsp3) is 0.571. The van der Waals surface area contributed by atoms with Crippen molar-refractivity contribution in [3.8, 4) is 0 Å². The van der Waals surface area contributed by atoms with Crippen LogP contribution in [0.3, 0.4) is 0 Å². The second-order valence-corrected chi connectivity index (χ2v) is 6.19. The number of rotatable bonds is 2. The fourth-order valence-electron chi connectivity index (χ4n) is 3.26. The van der Waals surface area contributed by atoms with Gasteiger partial charge in [-0.2, -0.15) is 0 Å². The summed E-state index contributed by atoms with van der Waals surface area (Å²) in [5.41, 5.74) is -1.29. The van der Waals surface area contributed by atoms with Gasteiger partial charge in [-0.25, -0.2) is 0 Å². The highest BCUT2D eigenvalue weighted by Crippen LogP contribution is 2.33. The molecule has 1 aromatic rings. The zero-order valence-electron chi connectivity index (χ0n) is 11.0. The number of quaternary nitrogens is 1. The first-order chi connectivity index (χ1) is 8.20. The predicted octanol–water partition coefficient (Wildman–Crippen LogP) is 1.41. The fourth-order valence-corrected chi connectivity index (χ4v) is 3.26. The van der Waals surface area contributed by atoms with Gasteiger partial charge in [0.15, 0.2) is 0 Å². The second kappa shape index (κ2) is 4.31. The number of hydroxylamine groups is 3. The van der Waals surface area contributed by atoms with E-state index in [0.717, 1.165) is 5.56 Å². The van der Waals surface area contributed by atoms with Gasteiger partial charge in [-0.05, 0) is 13.8 Å². The van der Waals surface area contributed by atoms with Gasteiger partial charge in [-0.1, -0.05) is 30.3 Å². The summed E-state index contributed by atoms with van der Waals surface area (Å²) in [6.07, 6.45) is 0.247. The number of likely N-dealkylation sites (tertiary alicyclic amines) is 1. The molecule has 4 heteroatoms. The minimum atomic E-state index is -1.11. The van der Waals surface area contributed by atoms with Crippen LogP contribution in [0.1, 0.15) is 25.8 Å². The predicted molar refractivity (Wildman–Crippen MR) is 69.4 cm³/mol. The molecule has 0 radical (unpaired) electrons. The number of nitrogens with zero attached hydrogens (tertiary/aromatic N) is 1. The van der Waals surface area contributed by atoms with Crippen molar-refractivity contribution in [3.63, 3.8) is 0 Å². The lowest BCUT2D eigenvalue weighted by atomic mass is 9.84. The monoisotopic (exact) mass is 251 g/mol. The quantitative estimate of drug-likeness (QED) is 0.617. The summed E-state index contributed by atoms with van der Waals surface area (Å²) in [7, 11) is 0. The summed E-state index contributed by atoms with van der Waals surface area (Å²) in [6, 6.07) is 9.48. The average molecular weight is 251 g/mol. The van der Waals surface area contributed by atoms with Gasteiger partial charge in [0.05, 0.1) is 0 Å². The van der Waals surface area contributed by atoms with Gasteiger partial charge >= 0.3 is 0 Å². The maximum absolute atomic E-state index is 12.7. The standard InChI is InChI=1S/C14H21NO3/c1-13(16)9-14(2,17)11-15(18,10-13)8-12-6-4-3-5-7-12/h3-7,16-17H,8-11H2,1-2H3. The Kier molecular flexibility index (Phi) is 3.23. The average Bonchev–Trinajstić information content (AvgIpc) is 2.11. The third-order valence-corrected chi connectivity index (χ3v) is 3.33. The van der Waals surface area contributed by atoms with Crippen LogP contribution in [0.25, 0.3) is 0 Å². The summed E-state index contributed by atoms with van der Waals surface area (Å²) in [6.45, 7) is 3.77. The van der Waals surface area contributed by atoms with E-state index in [2.05, 4.69) is 0 Å². The molecule has 2 N–H and O–H groups in total. The van der Waals surface area contributed by atoms with Crippen molar-refractivity contribution in [1.82, 2.24) is 0 Å². The third-order valence-electron chi connectivity index (χ3n) is 3.33. The van der Waals surface area contributed by atoms with Gasteiger partial charge in [0.1, 0.15) is 30.8 Å². The van der Waals surface area contributed by atoms with Crippen molar-refractivity contribution in [3.05, 3.63) is 41.1 Å².